The Hall–Kier alpha value is -0.0800. The highest BCUT2D eigenvalue weighted by Gasteiger charge is 1.93. The van der Waals surface area contributed by atoms with Crippen molar-refractivity contribution in [2.75, 3.05) is 13.1 Å². The lowest BCUT2D eigenvalue weighted by molar-refractivity contribution is -0.848. The van der Waals surface area contributed by atoms with E-state index < -0.39 is 0 Å². The second-order valence-electron chi connectivity index (χ2n) is 2.75. The van der Waals surface area contributed by atoms with E-state index in [0.29, 0.717) is 5.06 Å². The highest BCUT2D eigenvalue weighted by Crippen LogP contribution is 1.88. The molecule has 0 aromatic rings. The third kappa shape index (κ3) is 6.05. The van der Waals surface area contributed by atoms with Gasteiger partial charge in [-0.15, -0.1) is 0 Å². The van der Waals surface area contributed by atoms with E-state index in [1.807, 2.05) is 0 Å². The summed E-state index contributed by atoms with van der Waals surface area (Å²) in [5.41, 5.74) is 0. The summed E-state index contributed by atoms with van der Waals surface area (Å²) in [5.74, 6) is 0. The number of rotatable bonds is 6. The van der Waals surface area contributed by atoms with E-state index >= 15 is 0 Å². The highest BCUT2D eigenvalue weighted by molar-refractivity contribution is 4.35. The molecule has 0 rings (SSSR count). The second kappa shape index (κ2) is 7.03. The van der Waals surface area contributed by atoms with E-state index in [-0.39, 0.29) is 0 Å². The molecule has 1 atom stereocenters. The van der Waals surface area contributed by atoms with Crippen molar-refractivity contribution in [2.24, 2.45) is 0 Å². The normalized spacial score (nSPS) is 13.5. The number of hydroxylamine groups is 2. The summed E-state index contributed by atoms with van der Waals surface area (Å²) >= 11 is 0. The number of nitrogens with one attached hydrogen (secondary N) is 1. The smallest absolute Gasteiger partial charge is 0.0768 e. The van der Waals surface area contributed by atoms with E-state index in [4.69, 9.17) is 0 Å². The zero-order valence-electron chi connectivity index (χ0n) is 7.15. The van der Waals surface area contributed by atoms with Crippen LogP contribution in [0.2, 0.25) is 0 Å². The molecule has 0 aliphatic carbocycles. The lowest BCUT2D eigenvalue weighted by Gasteiger charge is -2.20. The molecule has 0 aliphatic heterocycles. The summed E-state index contributed by atoms with van der Waals surface area (Å²) in [6.07, 6.45) is 4.51. The molecule has 0 heterocycles. The molecular formula is C8H19NO. The first kappa shape index (κ1) is 9.92. The van der Waals surface area contributed by atoms with Gasteiger partial charge in [-0.3, -0.25) is 0 Å². The van der Waals surface area contributed by atoms with E-state index in [9.17, 15) is 5.21 Å². The molecule has 0 aromatic carbocycles. The molecule has 0 aromatic heterocycles. The van der Waals surface area contributed by atoms with Crippen LogP contribution in [0.4, 0.5) is 0 Å². The Morgan fingerprint density at radius 3 is 2.20 bits per heavy atom. The fourth-order valence-corrected chi connectivity index (χ4v) is 0.976. The summed E-state index contributed by atoms with van der Waals surface area (Å²) in [6.45, 7) is 5.80. The molecule has 0 spiro atoms. The zero-order chi connectivity index (χ0) is 7.82. The van der Waals surface area contributed by atoms with Crippen LogP contribution in [-0.4, -0.2) is 13.1 Å². The molecule has 62 valence electrons. The Bertz CT molecular complexity index is 66.3. The van der Waals surface area contributed by atoms with Crippen LogP contribution in [0, 0.1) is 5.21 Å². The number of hydrogen-bond acceptors (Lipinski definition) is 1. The molecule has 0 saturated carbocycles. The van der Waals surface area contributed by atoms with Crippen LogP contribution in [0.1, 0.15) is 39.5 Å². The third-order valence-corrected chi connectivity index (χ3v) is 1.59. The molecule has 1 unspecified atom stereocenters. The molecule has 0 amide bonds. The molecular weight excluding hydrogens is 126 g/mol. The Morgan fingerprint density at radius 2 is 1.70 bits per heavy atom. The van der Waals surface area contributed by atoms with E-state index in [0.717, 1.165) is 25.9 Å². The molecule has 0 radical (unpaired) electrons. The molecule has 2 nitrogen and oxygen atoms in total. The third-order valence-electron chi connectivity index (χ3n) is 1.59. The van der Waals surface area contributed by atoms with Gasteiger partial charge in [0.1, 0.15) is 0 Å². The Labute approximate surface area is 63.8 Å². The summed E-state index contributed by atoms with van der Waals surface area (Å²) in [4.78, 5) is 0. The van der Waals surface area contributed by atoms with Crippen molar-refractivity contribution >= 4 is 0 Å². The van der Waals surface area contributed by atoms with Gasteiger partial charge < -0.3 is 10.3 Å². The highest BCUT2D eigenvalue weighted by atomic mass is 16.5. The van der Waals surface area contributed by atoms with Gasteiger partial charge in [-0.2, -0.15) is 0 Å². The maximum Gasteiger partial charge on any atom is 0.0768 e. The fourth-order valence-electron chi connectivity index (χ4n) is 0.976. The van der Waals surface area contributed by atoms with Gasteiger partial charge in [-0.1, -0.05) is 20.3 Å². The van der Waals surface area contributed by atoms with E-state index in [2.05, 4.69) is 13.8 Å². The van der Waals surface area contributed by atoms with Crippen molar-refractivity contribution in [1.82, 2.24) is 0 Å². The van der Waals surface area contributed by atoms with Gasteiger partial charge in [-0.05, 0) is 19.3 Å². The minimum Gasteiger partial charge on any atom is -0.634 e. The van der Waals surface area contributed by atoms with Crippen LogP contribution in [-0.2, 0) is 0 Å². The van der Waals surface area contributed by atoms with Crippen LogP contribution in [0.3, 0.4) is 0 Å². The molecule has 0 bridgehead atoms. The molecule has 2 heteroatoms. The minimum atomic E-state index is 0.441. The maximum absolute atomic E-state index is 10.9. The van der Waals surface area contributed by atoms with Gasteiger partial charge in [0.05, 0.1) is 13.1 Å². The van der Waals surface area contributed by atoms with Crippen LogP contribution < -0.4 is 5.06 Å². The van der Waals surface area contributed by atoms with Crippen LogP contribution in [0.5, 0.6) is 0 Å². The number of unbranched alkanes of at least 4 members (excludes halogenated alkanes) is 2. The molecule has 1 N–H and O–H groups in total. The van der Waals surface area contributed by atoms with Gasteiger partial charge >= 0.3 is 0 Å². The first-order valence-electron chi connectivity index (χ1n) is 4.33. The SMILES string of the molecule is CCCCC[NH+]([O-])CCC. The molecule has 0 fully saturated rings. The summed E-state index contributed by atoms with van der Waals surface area (Å²) in [7, 11) is 0. The predicted molar refractivity (Wildman–Crippen MR) is 43.9 cm³/mol. The Balaban J connectivity index is 2.97. The van der Waals surface area contributed by atoms with Gasteiger partial charge in [0, 0.05) is 0 Å². The van der Waals surface area contributed by atoms with Crippen LogP contribution >= 0.6 is 0 Å². The quantitative estimate of drug-likeness (QED) is 0.437. The molecule has 10 heavy (non-hydrogen) atoms. The van der Waals surface area contributed by atoms with Crippen molar-refractivity contribution in [3.8, 4) is 0 Å². The maximum atomic E-state index is 10.9. The van der Waals surface area contributed by atoms with E-state index in [1.165, 1.54) is 12.8 Å². The lowest BCUT2D eigenvalue weighted by Crippen LogP contribution is -3.07. The van der Waals surface area contributed by atoms with Crippen LogP contribution in [0.25, 0.3) is 0 Å². The number of hydrogen-bond donors (Lipinski definition) is 1. The Morgan fingerprint density at radius 1 is 1.00 bits per heavy atom. The largest absolute Gasteiger partial charge is 0.634 e. The number of quaternary nitrogens is 1. The van der Waals surface area contributed by atoms with Crippen molar-refractivity contribution < 1.29 is 5.06 Å². The Kier molecular flexibility index (Phi) is 6.98. The van der Waals surface area contributed by atoms with Gasteiger partial charge in [-0.25, -0.2) is 0 Å². The summed E-state index contributed by atoms with van der Waals surface area (Å²) < 4.78 is 0. The van der Waals surface area contributed by atoms with Gasteiger partial charge in [0.2, 0.25) is 0 Å². The monoisotopic (exact) mass is 145 g/mol. The second-order valence-corrected chi connectivity index (χ2v) is 2.75. The fraction of sp³-hybridized carbons (Fsp3) is 1.00. The lowest BCUT2D eigenvalue weighted by atomic mass is 10.2. The average Bonchev–Trinajstić information content (AvgIpc) is 1.89. The first-order valence-corrected chi connectivity index (χ1v) is 4.33. The first-order chi connectivity index (χ1) is 4.81. The minimum absolute atomic E-state index is 0.441. The molecule has 0 saturated heterocycles. The van der Waals surface area contributed by atoms with Gasteiger partial charge in [0.15, 0.2) is 0 Å². The van der Waals surface area contributed by atoms with Gasteiger partial charge in [0.25, 0.3) is 0 Å². The zero-order valence-corrected chi connectivity index (χ0v) is 7.15. The average molecular weight is 145 g/mol. The van der Waals surface area contributed by atoms with Crippen molar-refractivity contribution in [3.63, 3.8) is 0 Å². The van der Waals surface area contributed by atoms with Crippen molar-refractivity contribution in [1.29, 1.82) is 0 Å². The van der Waals surface area contributed by atoms with Crippen molar-refractivity contribution in [3.05, 3.63) is 5.21 Å². The van der Waals surface area contributed by atoms with Crippen molar-refractivity contribution in [2.45, 2.75) is 39.5 Å². The summed E-state index contributed by atoms with van der Waals surface area (Å²) in [6, 6.07) is 0. The predicted octanol–water partition coefficient (Wildman–Crippen LogP) is 0.969. The van der Waals surface area contributed by atoms with Crippen LogP contribution in [0.15, 0.2) is 0 Å². The topological polar surface area (TPSA) is 27.5 Å². The summed E-state index contributed by atoms with van der Waals surface area (Å²) in [5, 5.41) is 11.4. The standard InChI is InChI=1S/C8H19NO/c1-3-5-6-8-9(10)7-4-2/h9H,3-8H2,1-2H3. The van der Waals surface area contributed by atoms with E-state index in [1.54, 1.807) is 0 Å². The molecule has 0 aliphatic rings.